The minimum atomic E-state index is -2.23. The lowest BCUT2D eigenvalue weighted by Gasteiger charge is -2.25. The third kappa shape index (κ3) is 26.1. The summed E-state index contributed by atoms with van der Waals surface area (Å²) in [5, 5.41) is 0.338. The van der Waals surface area contributed by atoms with E-state index >= 15 is 0 Å². The van der Waals surface area contributed by atoms with Crippen LogP contribution >= 0.6 is 0 Å². The molecule has 3 aromatic rings. The van der Waals surface area contributed by atoms with E-state index in [4.69, 9.17) is 0 Å². The minimum absolute atomic E-state index is 0.489. The van der Waals surface area contributed by atoms with Crippen molar-refractivity contribution in [1.29, 1.82) is 0 Å². The van der Waals surface area contributed by atoms with Gasteiger partial charge in [0.05, 0.1) is 21.0 Å². The number of fused-ring (bicyclic) bond motifs is 2. The van der Waals surface area contributed by atoms with E-state index in [2.05, 4.69) is 27.7 Å². The molecule has 4 N–H and O–H groups in total. The van der Waals surface area contributed by atoms with Crippen LogP contribution in [-0.2, 0) is 44.3 Å². The van der Waals surface area contributed by atoms with Gasteiger partial charge >= 0.3 is 0 Å². The van der Waals surface area contributed by atoms with Crippen molar-refractivity contribution in [1.82, 2.24) is 0 Å². The molecule has 74 heavy (non-hydrogen) atoms. The topological polar surface area (TPSA) is 149 Å². The van der Waals surface area contributed by atoms with Crippen molar-refractivity contribution < 1.29 is 35.0 Å². The van der Waals surface area contributed by atoms with Gasteiger partial charge in [-0.15, -0.1) is 0 Å². The first-order chi connectivity index (χ1) is 36.0. The first-order valence-electron chi connectivity index (χ1n) is 30.4. The van der Waals surface area contributed by atoms with Gasteiger partial charge in [0.25, 0.3) is 0 Å². The van der Waals surface area contributed by atoms with Gasteiger partial charge in [0.2, 0.25) is 0 Å². The fourth-order valence-corrected chi connectivity index (χ4v) is 14.5. The maximum Gasteiger partial charge on any atom is 0.160 e. The van der Waals surface area contributed by atoms with Crippen molar-refractivity contribution in [3.63, 3.8) is 0 Å². The van der Waals surface area contributed by atoms with Crippen molar-refractivity contribution in [3.05, 3.63) is 58.7 Å². The second kappa shape index (κ2) is 41.6. The van der Waals surface area contributed by atoms with Gasteiger partial charge in [0, 0.05) is 0 Å². The third-order valence-corrected chi connectivity index (χ3v) is 19.7. The molecule has 8 atom stereocenters. The van der Waals surface area contributed by atoms with Crippen LogP contribution in [0.3, 0.4) is 0 Å². The molecule has 0 bridgehead atoms. The first kappa shape index (κ1) is 66.9. The molecule has 426 valence electrons. The van der Waals surface area contributed by atoms with Crippen LogP contribution in [0.15, 0.2) is 36.4 Å². The summed E-state index contributed by atoms with van der Waals surface area (Å²) in [6.45, 7) is 8.91. The average Bonchev–Trinajstić information content (AvgIpc) is 3.37. The monoisotopic (exact) mass is 1110 g/mol. The zero-order chi connectivity index (χ0) is 53.8. The Morgan fingerprint density at radius 3 is 0.554 bits per heavy atom. The minimum Gasteiger partial charge on any atom is -0.306 e. The van der Waals surface area contributed by atoms with Crippen molar-refractivity contribution in [2.45, 2.75) is 306 Å². The van der Waals surface area contributed by atoms with E-state index in [1.54, 1.807) is 0 Å². The van der Waals surface area contributed by atoms with Gasteiger partial charge in [0.1, 0.15) is 0 Å². The highest BCUT2D eigenvalue weighted by molar-refractivity contribution is 7.80. The average molecular weight is 1110 g/mol. The molecular formula is C62H106O8S4. The molecule has 0 aliphatic rings. The van der Waals surface area contributed by atoms with E-state index in [1.807, 2.05) is 36.4 Å². The molecule has 0 heterocycles. The Bertz CT molecular complexity index is 1760. The number of rotatable bonds is 48. The Morgan fingerprint density at radius 1 is 0.257 bits per heavy atom. The van der Waals surface area contributed by atoms with Crippen molar-refractivity contribution >= 4 is 65.9 Å². The summed E-state index contributed by atoms with van der Waals surface area (Å²) in [7, 11) is 0. The van der Waals surface area contributed by atoms with Crippen LogP contribution in [0.2, 0.25) is 0 Å². The summed E-state index contributed by atoms with van der Waals surface area (Å²) >= 11 is -8.92. The number of benzene rings is 3. The number of unbranched alkanes of at least 4 members (excludes halogenated alkanes) is 32. The highest BCUT2D eigenvalue weighted by Crippen LogP contribution is 2.42. The predicted molar refractivity (Wildman–Crippen MR) is 323 cm³/mol. The van der Waals surface area contributed by atoms with Crippen LogP contribution < -0.4 is 0 Å². The highest BCUT2D eigenvalue weighted by atomic mass is 32.2. The fraction of sp³-hybridized carbons (Fsp3) is 0.774. The van der Waals surface area contributed by atoms with Gasteiger partial charge in [-0.05, 0) is 106 Å². The Balaban J connectivity index is 2.10. The molecular weight excluding hydrogens is 1000 g/mol. The zero-order valence-corrected chi connectivity index (χ0v) is 50.4. The molecule has 0 spiro atoms. The molecule has 3 aromatic carbocycles. The summed E-state index contributed by atoms with van der Waals surface area (Å²) in [5.74, 6) is 0. The molecule has 0 amide bonds. The van der Waals surface area contributed by atoms with Gasteiger partial charge in [-0.2, -0.15) is 0 Å². The molecule has 0 radical (unpaired) electrons. The van der Waals surface area contributed by atoms with E-state index in [-0.39, 0.29) is 0 Å². The fourth-order valence-electron chi connectivity index (χ4n) is 11.3. The first-order valence-corrected chi connectivity index (χ1v) is 35.1. The maximum absolute atomic E-state index is 13.5. The molecule has 0 aliphatic carbocycles. The van der Waals surface area contributed by atoms with Gasteiger partial charge in [-0.3, -0.25) is 0 Å². The second-order valence-corrected chi connectivity index (χ2v) is 26.5. The molecule has 0 saturated heterocycles. The Kier molecular flexibility index (Phi) is 37.6. The Labute approximate surface area is 462 Å². The zero-order valence-electron chi connectivity index (χ0n) is 47.1. The van der Waals surface area contributed by atoms with Crippen LogP contribution in [-0.4, -0.2) is 35.0 Å². The quantitative estimate of drug-likeness (QED) is 0.0248. The van der Waals surface area contributed by atoms with Gasteiger partial charge in [-0.1, -0.05) is 259 Å². The normalized spacial score (nSPS) is 15.4. The summed E-state index contributed by atoms with van der Waals surface area (Å²) in [5.41, 5.74) is 2.59. The van der Waals surface area contributed by atoms with E-state index in [0.717, 1.165) is 124 Å². The summed E-state index contributed by atoms with van der Waals surface area (Å²) in [4.78, 5) is 0. The van der Waals surface area contributed by atoms with Gasteiger partial charge < -0.3 is 18.2 Å². The molecule has 8 unspecified atom stereocenters. The van der Waals surface area contributed by atoms with Crippen molar-refractivity contribution in [3.8, 4) is 0 Å². The lowest BCUT2D eigenvalue weighted by molar-refractivity contribution is 0.515. The van der Waals surface area contributed by atoms with Crippen LogP contribution in [0.25, 0.3) is 21.5 Å². The molecule has 0 aromatic heterocycles. The second-order valence-electron chi connectivity index (χ2n) is 22.0. The third-order valence-electron chi connectivity index (χ3n) is 15.8. The lowest BCUT2D eigenvalue weighted by Crippen LogP contribution is -2.15. The van der Waals surface area contributed by atoms with Gasteiger partial charge in [-0.25, -0.2) is 16.8 Å². The molecule has 3 rings (SSSR count). The van der Waals surface area contributed by atoms with Crippen LogP contribution in [0.5, 0.6) is 0 Å². The largest absolute Gasteiger partial charge is 0.306 e. The summed E-state index contributed by atoms with van der Waals surface area (Å²) in [6, 6.07) is 12.0. The van der Waals surface area contributed by atoms with E-state index in [0.29, 0.717) is 47.9 Å². The standard InChI is InChI=1S/C62H106O8S4/c1-5-9-13-17-21-25-29-33-37-41-59(71(63)64)55-47-51-45-53-49-57(61(73(67)68)43-39-35-31-27-23-19-15-11-7-3)58(62(74(69)70)44-40-36-32-28-24-20-16-12-8-4)50-54(53)46-52(51)48-56(55)60(72(65)66)42-38-34-30-26-22-18-14-10-6-2/h45-50,59-62H,5-44H2,1-4H3,(H,63,64)(H,65,66)(H,67,68)(H,69,70). The Morgan fingerprint density at radius 2 is 0.405 bits per heavy atom. The van der Waals surface area contributed by atoms with Crippen molar-refractivity contribution in [2.24, 2.45) is 0 Å². The molecule has 0 saturated carbocycles. The highest BCUT2D eigenvalue weighted by Gasteiger charge is 2.30. The van der Waals surface area contributed by atoms with Crippen molar-refractivity contribution in [2.75, 3.05) is 0 Å². The SMILES string of the molecule is CCCCCCCCCCCC(c1cc2cc3cc(C(CCCCCCCCCCC)S(=O)O)c(C(CCCCCCCCCCC)S(=O)O)cc3cc2cc1C(CCCCCCCCCCC)S(=O)O)S(=O)O. The van der Waals surface area contributed by atoms with E-state index in [1.165, 1.54) is 128 Å². The van der Waals surface area contributed by atoms with E-state index in [9.17, 15) is 35.0 Å². The molecule has 0 aliphatic heterocycles. The number of hydrogen-bond donors (Lipinski definition) is 4. The predicted octanol–water partition coefficient (Wildman–Crippen LogP) is 20.7. The lowest BCUT2D eigenvalue weighted by atomic mass is 9.89. The summed E-state index contributed by atoms with van der Waals surface area (Å²) in [6.07, 6.45) is 42.6. The van der Waals surface area contributed by atoms with Gasteiger partial charge in [0.15, 0.2) is 44.3 Å². The number of hydrogen-bond acceptors (Lipinski definition) is 4. The smallest absolute Gasteiger partial charge is 0.160 e. The van der Waals surface area contributed by atoms with Crippen LogP contribution in [0, 0.1) is 0 Å². The van der Waals surface area contributed by atoms with Crippen LogP contribution in [0.4, 0.5) is 0 Å². The molecule has 8 nitrogen and oxygen atoms in total. The van der Waals surface area contributed by atoms with Crippen LogP contribution in [0.1, 0.15) is 328 Å². The summed E-state index contributed by atoms with van der Waals surface area (Å²) < 4.78 is 98.1. The molecule has 12 heteroatoms. The van der Waals surface area contributed by atoms with E-state index < -0.39 is 65.3 Å². The maximum atomic E-state index is 13.5. The molecule has 0 fully saturated rings. The Hall–Kier alpha value is -1.38.